The number of rotatable bonds is 2. The van der Waals surface area contributed by atoms with E-state index in [0.29, 0.717) is 13.1 Å². The molecule has 1 amide bonds. The summed E-state index contributed by atoms with van der Waals surface area (Å²) >= 11 is 0. The van der Waals surface area contributed by atoms with Crippen LogP contribution in [-0.4, -0.2) is 46.3 Å². The maximum Gasteiger partial charge on any atom is 0.407 e. The van der Waals surface area contributed by atoms with Crippen molar-refractivity contribution in [2.24, 2.45) is 0 Å². The summed E-state index contributed by atoms with van der Waals surface area (Å²) < 4.78 is 0. The summed E-state index contributed by atoms with van der Waals surface area (Å²) in [5.74, 6) is 0. The third kappa shape index (κ3) is 2.98. The van der Waals surface area contributed by atoms with Crippen LogP contribution >= 0.6 is 0 Å². The molecule has 98 valence electrons. The molecule has 0 aliphatic carbocycles. The highest BCUT2D eigenvalue weighted by Crippen LogP contribution is 2.13. The molecule has 1 aromatic heterocycles. The van der Waals surface area contributed by atoms with Crippen LogP contribution in [0.2, 0.25) is 0 Å². The Morgan fingerprint density at radius 1 is 1.67 bits per heavy atom. The molecule has 0 spiro atoms. The van der Waals surface area contributed by atoms with Crippen LogP contribution in [0.1, 0.15) is 18.2 Å². The summed E-state index contributed by atoms with van der Waals surface area (Å²) in [6.45, 7) is 5.20. The quantitative estimate of drug-likeness (QED) is 0.828. The molecule has 1 saturated heterocycles. The number of hydrogen-bond acceptors (Lipinski definition) is 3. The van der Waals surface area contributed by atoms with E-state index in [4.69, 9.17) is 0 Å². The van der Waals surface area contributed by atoms with Gasteiger partial charge in [-0.1, -0.05) is 0 Å². The molecule has 5 heteroatoms. The first-order valence-electron chi connectivity index (χ1n) is 6.20. The molecule has 1 aromatic rings. The minimum atomic E-state index is -0.834. The zero-order chi connectivity index (χ0) is 13.1. The first-order valence-corrected chi connectivity index (χ1v) is 6.20. The minimum absolute atomic E-state index is 0.000463. The van der Waals surface area contributed by atoms with Gasteiger partial charge in [-0.05, 0) is 38.0 Å². The number of nitrogens with one attached hydrogen (secondary N) is 1. The maximum atomic E-state index is 11.3. The summed E-state index contributed by atoms with van der Waals surface area (Å²) in [7, 11) is 0. The second-order valence-electron chi connectivity index (χ2n) is 4.91. The predicted octanol–water partition coefficient (Wildman–Crippen LogP) is 1.27. The molecule has 18 heavy (non-hydrogen) atoms. The molecule has 5 nitrogen and oxygen atoms in total. The Balaban J connectivity index is 2.09. The smallest absolute Gasteiger partial charge is 0.407 e. The Morgan fingerprint density at radius 3 is 3.11 bits per heavy atom. The van der Waals surface area contributed by atoms with Gasteiger partial charge in [-0.25, -0.2) is 4.79 Å². The summed E-state index contributed by atoms with van der Waals surface area (Å²) in [4.78, 5) is 16.9. The van der Waals surface area contributed by atoms with Crippen molar-refractivity contribution in [1.82, 2.24) is 15.2 Å². The fourth-order valence-corrected chi connectivity index (χ4v) is 2.38. The van der Waals surface area contributed by atoms with Crippen molar-refractivity contribution >= 4 is 6.09 Å². The Labute approximate surface area is 107 Å². The van der Waals surface area contributed by atoms with Crippen molar-refractivity contribution in [2.75, 3.05) is 13.1 Å². The molecule has 2 heterocycles. The molecule has 0 saturated carbocycles. The van der Waals surface area contributed by atoms with Gasteiger partial charge in [0.25, 0.3) is 0 Å². The van der Waals surface area contributed by atoms with Gasteiger partial charge >= 0.3 is 6.09 Å². The lowest BCUT2D eigenvalue weighted by molar-refractivity contribution is 0.101. The molecule has 2 N–H and O–H groups in total. The Kier molecular flexibility index (Phi) is 3.81. The van der Waals surface area contributed by atoms with Crippen molar-refractivity contribution < 1.29 is 9.90 Å². The van der Waals surface area contributed by atoms with Gasteiger partial charge in [-0.2, -0.15) is 0 Å². The average molecular weight is 249 g/mol. The highest BCUT2D eigenvalue weighted by Gasteiger charge is 2.29. The van der Waals surface area contributed by atoms with Crippen molar-refractivity contribution in [2.45, 2.75) is 32.4 Å². The largest absolute Gasteiger partial charge is 0.465 e. The third-order valence-electron chi connectivity index (χ3n) is 3.29. The van der Waals surface area contributed by atoms with E-state index in [1.807, 2.05) is 26.0 Å². The SMILES string of the molecule is Cc1cc(C[C@@H]2CN[C@@H](C)CN2C(=O)O)ccn1. The Bertz CT molecular complexity index is 436. The number of piperazine rings is 1. The van der Waals surface area contributed by atoms with E-state index in [9.17, 15) is 9.90 Å². The molecule has 2 rings (SSSR count). The standard InChI is InChI=1S/C13H19N3O2/c1-9-5-11(3-4-14-9)6-12-7-15-10(2)8-16(12)13(17)18/h3-5,10,12,15H,6-8H2,1-2H3,(H,17,18)/t10-,12+/m0/s1. The van der Waals surface area contributed by atoms with Gasteiger partial charge in [0.2, 0.25) is 0 Å². The lowest BCUT2D eigenvalue weighted by Crippen LogP contribution is -2.57. The molecule has 1 aliphatic rings. The van der Waals surface area contributed by atoms with Crippen LogP contribution in [0.15, 0.2) is 18.3 Å². The van der Waals surface area contributed by atoms with Gasteiger partial charge in [-0.3, -0.25) is 4.98 Å². The van der Waals surface area contributed by atoms with Crippen molar-refractivity contribution in [3.63, 3.8) is 0 Å². The van der Waals surface area contributed by atoms with Gasteiger partial charge in [0, 0.05) is 31.0 Å². The molecule has 2 atom stereocenters. The van der Waals surface area contributed by atoms with E-state index < -0.39 is 6.09 Å². The number of nitrogens with zero attached hydrogens (tertiary/aromatic N) is 2. The van der Waals surface area contributed by atoms with E-state index in [2.05, 4.69) is 10.3 Å². The van der Waals surface area contributed by atoms with Crippen LogP contribution in [0.5, 0.6) is 0 Å². The second-order valence-corrected chi connectivity index (χ2v) is 4.91. The highest BCUT2D eigenvalue weighted by molar-refractivity contribution is 5.65. The molecule has 1 aliphatic heterocycles. The zero-order valence-corrected chi connectivity index (χ0v) is 10.8. The van der Waals surface area contributed by atoms with Crippen LogP contribution in [0.25, 0.3) is 0 Å². The zero-order valence-electron chi connectivity index (χ0n) is 10.8. The van der Waals surface area contributed by atoms with E-state index in [-0.39, 0.29) is 12.1 Å². The van der Waals surface area contributed by atoms with Gasteiger partial charge in [0.05, 0.1) is 6.04 Å². The minimum Gasteiger partial charge on any atom is -0.465 e. The second kappa shape index (κ2) is 5.35. The molecular formula is C13H19N3O2. The average Bonchev–Trinajstić information content (AvgIpc) is 2.31. The van der Waals surface area contributed by atoms with E-state index in [0.717, 1.165) is 17.7 Å². The number of pyridine rings is 1. The molecule has 0 bridgehead atoms. The van der Waals surface area contributed by atoms with Crippen LogP contribution in [0, 0.1) is 6.92 Å². The van der Waals surface area contributed by atoms with Gasteiger partial charge in [0.15, 0.2) is 0 Å². The highest BCUT2D eigenvalue weighted by atomic mass is 16.4. The van der Waals surface area contributed by atoms with Crippen LogP contribution in [0.4, 0.5) is 4.79 Å². The fraction of sp³-hybridized carbons (Fsp3) is 0.538. The molecule has 0 radical (unpaired) electrons. The normalized spacial score (nSPS) is 24.0. The monoisotopic (exact) mass is 249 g/mol. The number of carbonyl (C=O) groups is 1. The molecule has 1 fully saturated rings. The van der Waals surface area contributed by atoms with Gasteiger partial charge in [0.1, 0.15) is 0 Å². The van der Waals surface area contributed by atoms with Crippen molar-refractivity contribution in [1.29, 1.82) is 0 Å². The van der Waals surface area contributed by atoms with Crippen molar-refractivity contribution in [3.8, 4) is 0 Å². The fourth-order valence-electron chi connectivity index (χ4n) is 2.38. The van der Waals surface area contributed by atoms with Crippen LogP contribution in [0.3, 0.4) is 0 Å². The summed E-state index contributed by atoms with van der Waals surface area (Å²) in [6.07, 6.45) is 1.67. The number of aromatic nitrogens is 1. The van der Waals surface area contributed by atoms with Crippen LogP contribution in [-0.2, 0) is 6.42 Å². The number of amides is 1. The first-order chi connectivity index (χ1) is 8.56. The van der Waals surface area contributed by atoms with E-state index in [1.165, 1.54) is 4.90 Å². The molecular weight excluding hydrogens is 230 g/mol. The third-order valence-corrected chi connectivity index (χ3v) is 3.29. The summed E-state index contributed by atoms with van der Waals surface area (Å²) in [5, 5.41) is 12.6. The number of hydrogen-bond donors (Lipinski definition) is 2. The van der Waals surface area contributed by atoms with Crippen molar-refractivity contribution in [3.05, 3.63) is 29.6 Å². The molecule has 0 aromatic carbocycles. The van der Waals surface area contributed by atoms with Gasteiger partial charge in [-0.15, -0.1) is 0 Å². The van der Waals surface area contributed by atoms with E-state index >= 15 is 0 Å². The van der Waals surface area contributed by atoms with Crippen LogP contribution < -0.4 is 5.32 Å². The van der Waals surface area contributed by atoms with E-state index in [1.54, 1.807) is 6.20 Å². The summed E-state index contributed by atoms with van der Waals surface area (Å²) in [6, 6.07) is 4.18. The topological polar surface area (TPSA) is 65.5 Å². The number of aryl methyl sites for hydroxylation is 1. The lowest BCUT2D eigenvalue weighted by Gasteiger charge is -2.37. The Hall–Kier alpha value is -1.62. The maximum absolute atomic E-state index is 11.3. The first kappa shape index (κ1) is 12.8. The molecule has 0 unspecified atom stereocenters. The summed E-state index contributed by atoms with van der Waals surface area (Å²) in [5.41, 5.74) is 2.10. The predicted molar refractivity (Wildman–Crippen MR) is 68.7 cm³/mol. The Morgan fingerprint density at radius 2 is 2.44 bits per heavy atom. The lowest BCUT2D eigenvalue weighted by atomic mass is 10.0. The van der Waals surface area contributed by atoms with Gasteiger partial charge < -0.3 is 15.3 Å². The number of carboxylic acid groups (broad SMARTS) is 1.